The van der Waals surface area contributed by atoms with Crippen LogP contribution >= 0.6 is 0 Å². The average Bonchev–Trinajstić information content (AvgIpc) is 3.34. The fourth-order valence-corrected chi connectivity index (χ4v) is 8.48. The van der Waals surface area contributed by atoms with Crippen LogP contribution in [0.15, 0.2) is 12.4 Å². The molecular weight excluding hydrogens is 378 g/mol. The van der Waals surface area contributed by atoms with E-state index in [4.69, 9.17) is 4.74 Å². The van der Waals surface area contributed by atoms with Crippen LogP contribution in [-0.2, 0) is 16.1 Å². The molecule has 1 aromatic rings. The quantitative estimate of drug-likeness (QED) is 0.796. The molecule has 0 bridgehead atoms. The Kier molecular flexibility index (Phi) is 5.29. The first-order chi connectivity index (χ1) is 14.4. The molecule has 4 saturated carbocycles. The van der Waals surface area contributed by atoms with Crippen LogP contribution in [0.4, 0.5) is 0 Å². The van der Waals surface area contributed by atoms with Crippen molar-refractivity contribution in [1.29, 1.82) is 0 Å². The number of fused-ring (bicyclic) bond motifs is 5. The Labute approximate surface area is 179 Å². The fourth-order valence-electron chi connectivity index (χ4n) is 8.48. The van der Waals surface area contributed by atoms with E-state index in [1.807, 2.05) is 0 Å². The molecule has 0 aliphatic heterocycles. The maximum Gasteiger partial charge on any atom is 0.157 e. The third kappa shape index (κ3) is 3.35. The molecule has 0 spiro atoms. The maximum atomic E-state index is 13.2. The van der Waals surface area contributed by atoms with Crippen LogP contribution in [0.25, 0.3) is 0 Å². The summed E-state index contributed by atoms with van der Waals surface area (Å²) in [7, 11) is 1.70. The second kappa shape index (κ2) is 7.70. The first-order valence-electron chi connectivity index (χ1n) is 12.0. The lowest BCUT2D eigenvalue weighted by molar-refractivity contribution is -0.136. The van der Waals surface area contributed by atoms with E-state index in [9.17, 15) is 9.90 Å². The van der Waals surface area contributed by atoms with E-state index in [2.05, 4.69) is 17.2 Å². The number of nitrogens with zero attached hydrogens (tertiary/aromatic N) is 3. The molecule has 0 radical (unpaired) electrons. The van der Waals surface area contributed by atoms with Gasteiger partial charge in [-0.15, -0.1) is 5.10 Å². The zero-order chi connectivity index (χ0) is 20.9. The number of carbonyl (C=O) groups excluding carboxylic acids is 1. The van der Waals surface area contributed by atoms with Gasteiger partial charge in [0.25, 0.3) is 0 Å². The minimum absolute atomic E-state index is 0.150. The SMILES string of the molecule is COC[C@@]1(O)CC[C@@H]2C3CC[C@@]4(C)C(CC[C@@H]4C(=O)Cn4ccnn4)C3CC[C@H]2C1. The van der Waals surface area contributed by atoms with Gasteiger partial charge in [-0.25, -0.2) is 4.68 Å². The summed E-state index contributed by atoms with van der Waals surface area (Å²) >= 11 is 0. The van der Waals surface area contributed by atoms with Crippen LogP contribution in [0.2, 0.25) is 0 Å². The maximum absolute atomic E-state index is 13.2. The molecule has 8 atom stereocenters. The Morgan fingerprint density at radius 3 is 2.73 bits per heavy atom. The van der Waals surface area contributed by atoms with E-state index in [0.29, 0.717) is 30.8 Å². The normalized spacial score (nSPS) is 45.4. The van der Waals surface area contributed by atoms with Crippen molar-refractivity contribution < 1.29 is 14.6 Å². The van der Waals surface area contributed by atoms with Crippen molar-refractivity contribution >= 4 is 5.78 Å². The second-order valence-electron chi connectivity index (χ2n) is 11.1. The van der Waals surface area contributed by atoms with Gasteiger partial charge in [0, 0.05) is 19.2 Å². The van der Waals surface area contributed by atoms with E-state index < -0.39 is 5.60 Å². The molecule has 1 aromatic heterocycles. The van der Waals surface area contributed by atoms with Gasteiger partial charge in [0.2, 0.25) is 0 Å². The third-order valence-corrected chi connectivity index (χ3v) is 9.70. The summed E-state index contributed by atoms with van der Waals surface area (Å²) in [6.07, 6.45) is 13.6. The van der Waals surface area contributed by atoms with Gasteiger partial charge in [-0.3, -0.25) is 4.79 Å². The average molecular weight is 416 g/mol. The first-order valence-corrected chi connectivity index (χ1v) is 12.0. The monoisotopic (exact) mass is 415 g/mol. The molecule has 1 N–H and O–H groups in total. The lowest BCUT2D eigenvalue weighted by Gasteiger charge is -2.57. The Morgan fingerprint density at radius 2 is 1.97 bits per heavy atom. The Morgan fingerprint density at radius 1 is 1.13 bits per heavy atom. The van der Waals surface area contributed by atoms with E-state index in [0.717, 1.165) is 43.4 Å². The van der Waals surface area contributed by atoms with Gasteiger partial charge in [0.1, 0.15) is 6.54 Å². The number of ketones is 1. The van der Waals surface area contributed by atoms with E-state index in [1.165, 1.54) is 32.1 Å². The summed E-state index contributed by atoms with van der Waals surface area (Å²) in [5.74, 6) is 4.16. The highest BCUT2D eigenvalue weighted by molar-refractivity contribution is 5.82. The highest BCUT2D eigenvalue weighted by atomic mass is 16.5. The summed E-state index contributed by atoms with van der Waals surface area (Å²) in [6, 6.07) is 0. The molecule has 0 aromatic carbocycles. The molecule has 6 heteroatoms. The molecule has 4 fully saturated rings. The number of rotatable bonds is 5. The number of carbonyl (C=O) groups is 1. The molecule has 4 aliphatic carbocycles. The molecule has 0 saturated heterocycles. The summed E-state index contributed by atoms with van der Waals surface area (Å²) in [6.45, 7) is 3.25. The number of Topliss-reactive ketones (excluding diaryl/α,β-unsaturated/α-hetero) is 1. The third-order valence-electron chi connectivity index (χ3n) is 9.70. The van der Waals surface area contributed by atoms with E-state index in [1.54, 1.807) is 24.2 Å². The van der Waals surface area contributed by atoms with Gasteiger partial charge in [-0.1, -0.05) is 12.1 Å². The molecule has 1 heterocycles. The molecule has 3 unspecified atom stereocenters. The van der Waals surface area contributed by atoms with Crippen molar-refractivity contribution in [2.75, 3.05) is 13.7 Å². The van der Waals surface area contributed by atoms with Crippen molar-refractivity contribution in [3.8, 4) is 0 Å². The molecule has 4 aliphatic rings. The van der Waals surface area contributed by atoms with Gasteiger partial charge in [0.15, 0.2) is 5.78 Å². The number of aromatic nitrogens is 3. The lowest BCUT2D eigenvalue weighted by Crippen LogP contribution is -2.52. The molecule has 6 nitrogen and oxygen atoms in total. The van der Waals surface area contributed by atoms with Gasteiger partial charge in [0.05, 0.1) is 18.4 Å². The van der Waals surface area contributed by atoms with Crippen LogP contribution in [0, 0.1) is 40.9 Å². The van der Waals surface area contributed by atoms with E-state index >= 15 is 0 Å². The van der Waals surface area contributed by atoms with Crippen LogP contribution in [-0.4, -0.2) is 45.2 Å². The fraction of sp³-hybridized carbons (Fsp3) is 0.875. The Hall–Kier alpha value is -1.27. The number of aliphatic hydroxyl groups is 1. The summed E-state index contributed by atoms with van der Waals surface area (Å²) in [5.41, 5.74) is -0.463. The predicted molar refractivity (Wildman–Crippen MR) is 112 cm³/mol. The van der Waals surface area contributed by atoms with Crippen molar-refractivity contribution in [3.05, 3.63) is 12.4 Å². The van der Waals surface area contributed by atoms with Gasteiger partial charge in [-0.2, -0.15) is 0 Å². The van der Waals surface area contributed by atoms with Crippen molar-refractivity contribution in [1.82, 2.24) is 15.0 Å². The van der Waals surface area contributed by atoms with Crippen LogP contribution < -0.4 is 0 Å². The number of ether oxygens (including phenoxy) is 1. The predicted octanol–water partition coefficient (Wildman–Crippen LogP) is 3.49. The van der Waals surface area contributed by atoms with Gasteiger partial charge < -0.3 is 9.84 Å². The molecule has 5 rings (SSSR count). The number of hydrogen-bond acceptors (Lipinski definition) is 5. The van der Waals surface area contributed by atoms with Gasteiger partial charge >= 0.3 is 0 Å². The smallest absolute Gasteiger partial charge is 0.157 e. The molecular formula is C24H37N3O3. The summed E-state index contributed by atoms with van der Waals surface area (Å²) in [5, 5.41) is 18.8. The Balaban J connectivity index is 1.29. The largest absolute Gasteiger partial charge is 0.387 e. The van der Waals surface area contributed by atoms with Crippen LogP contribution in [0.1, 0.15) is 64.7 Å². The van der Waals surface area contributed by atoms with E-state index in [-0.39, 0.29) is 11.3 Å². The topological polar surface area (TPSA) is 77.2 Å². The van der Waals surface area contributed by atoms with Crippen molar-refractivity contribution in [2.24, 2.45) is 40.9 Å². The van der Waals surface area contributed by atoms with Gasteiger partial charge in [-0.05, 0) is 92.8 Å². The number of methoxy groups -OCH3 is 1. The first kappa shape index (κ1) is 20.6. The zero-order valence-corrected chi connectivity index (χ0v) is 18.5. The molecule has 30 heavy (non-hydrogen) atoms. The van der Waals surface area contributed by atoms with Crippen LogP contribution in [0.3, 0.4) is 0 Å². The minimum atomic E-state index is -0.613. The van der Waals surface area contributed by atoms with Crippen molar-refractivity contribution in [3.63, 3.8) is 0 Å². The number of hydrogen-bond donors (Lipinski definition) is 1. The summed E-state index contributed by atoms with van der Waals surface area (Å²) < 4.78 is 7.00. The molecule has 0 amide bonds. The second-order valence-corrected chi connectivity index (χ2v) is 11.1. The van der Waals surface area contributed by atoms with Crippen LogP contribution in [0.5, 0.6) is 0 Å². The summed E-state index contributed by atoms with van der Waals surface area (Å²) in [4.78, 5) is 13.2. The highest BCUT2D eigenvalue weighted by Gasteiger charge is 2.58. The highest BCUT2D eigenvalue weighted by Crippen LogP contribution is 2.64. The standard InChI is InChI=1S/C24H37N3O3/c1-23-9-7-18-17-8-10-24(29,15-30-2)13-16(17)3-4-19(18)20(23)5-6-21(23)22(28)14-27-12-11-25-26-27/h11-12,16-21,29H,3-10,13-15H2,1-2H3/t16-,17-,18?,19?,20?,21+,23-,24+/m0/s1. The zero-order valence-electron chi connectivity index (χ0n) is 18.5. The molecule has 166 valence electrons. The lowest BCUT2D eigenvalue weighted by atomic mass is 9.49. The van der Waals surface area contributed by atoms with Crippen molar-refractivity contribution in [2.45, 2.75) is 76.9 Å². The minimum Gasteiger partial charge on any atom is -0.387 e. The Bertz CT molecular complexity index is 768.